The molecule has 0 unspecified atom stereocenters. The van der Waals surface area contributed by atoms with Gasteiger partial charge in [-0.2, -0.15) is 0 Å². The van der Waals surface area contributed by atoms with Gasteiger partial charge in [0.25, 0.3) is 0 Å². The summed E-state index contributed by atoms with van der Waals surface area (Å²) in [6.07, 6.45) is 0. The van der Waals surface area contributed by atoms with Crippen molar-refractivity contribution in [3.05, 3.63) is 44.3 Å². The maximum atomic E-state index is 6.08. The number of rotatable bonds is 6. The normalized spacial score (nSPS) is 11.1. The van der Waals surface area contributed by atoms with E-state index >= 15 is 0 Å². The number of fused-ring (bicyclic) bond motifs is 1. The van der Waals surface area contributed by atoms with E-state index in [1.807, 2.05) is 6.07 Å². The molecule has 0 fully saturated rings. The Morgan fingerprint density at radius 2 is 2.24 bits per heavy atom. The van der Waals surface area contributed by atoms with E-state index in [1.165, 1.54) is 4.88 Å². The molecule has 2 heterocycles. The van der Waals surface area contributed by atoms with Crippen LogP contribution in [0.25, 0.3) is 11.0 Å². The Bertz CT molecular complexity index is 779. The van der Waals surface area contributed by atoms with Crippen LogP contribution in [0, 0.1) is 4.77 Å². The van der Waals surface area contributed by atoms with E-state index < -0.39 is 0 Å². The minimum absolute atomic E-state index is 0.562. The summed E-state index contributed by atoms with van der Waals surface area (Å²) in [5.41, 5.74) is 1.71. The Morgan fingerprint density at radius 1 is 1.33 bits per heavy atom. The zero-order valence-electron chi connectivity index (χ0n) is 11.1. The molecular weight excluding hydrogens is 326 g/mol. The van der Waals surface area contributed by atoms with Gasteiger partial charge in [0.1, 0.15) is 17.9 Å². The van der Waals surface area contributed by atoms with Crippen molar-refractivity contribution >= 4 is 46.2 Å². The van der Waals surface area contributed by atoms with Crippen molar-refractivity contribution in [3.63, 3.8) is 0 Å². The molecule has 0 aliphatic carbocycles. The molecule has 0 bridgehead atoms. The molecule has 0 amide bonds. The fourth-order valence-corrected chi connectivity index (χ4v) is 3.14. The van der Waals surface area contributed by atoms with Crippen molar-refractivity contribution in [2.24, 2.45) is 0 Å². The third-order valence-corrected chi connectivity index (χ3v) is 4.27. The lowest BCUT2D eigenvalue weighted by molar-refractivity contribution is 0.317. The Hall–Kier alpha value is -1.34. The first-order chi connectivity index (χ1) is 10.2. The largest absolute Gasteiger partial charge is 0.490 e. The Kier molecular flexibility index (Phi) is 4.60. The third-order valence-electron chi connectivity index (χ3n) is 2.97. The van der Waals surface area contributed by atoms with Crippen LogP contribution in [0.2, 0.25) is 5.02 Å². The smallest absolute Gasteiger partial charge is 0.175 e. The van der Waals surface area contributed by atoms with Gasteiger partial charge in [0.15, 0.2) is 4.77 Å². The molecule has 0 radical (unpaired) electrons. The standard InChI is InChI=1S/C14H14ClN3OS2/c15-9-6-11-13(18-14(20)17-11)12(7-9)19-4-3-16-8-10-2-1-5-21-10/h1-2,5-7,16H,3-4,8H2,(H2,17,18,20). The molecule has 21 heavy (non-hydrogen) atoms. The molecule has 0 atom stereocenters. The van der Waals surface area contributed by atoms with Crippen molar-refractivity contribution in [2.45, 2.75) is 6.54 Å². The topological polar surface area (TPSA) is 52.8 Å². The van der Waals surface area contributed by atoms with Gasteiger partial charge in [0, 0.05) is 29.1 Å². The van der Waals surface area contributed by atoms with Crippen molar-refractivity contribution in [2.75, 3.05) is 13.2 Å². The van der Waals surface area contributed by atoms with Crippen molar-refractivity contribution in [1.82, 2.24) is 15.3 Å². The van der Waals surface area contributed by atoms with Gasteiger partial charge in [0.2, 0.25) is 0 Å². The van der Waals surface area contributed by atoms with E-state index in [0.717, 1.165) is 24.1 Å². The number of thiophene rings is 1. The average Bonchev–Trinajstić information content (AvgIpc) is 3.06. The lowest BCUT2D eigenvalue weighted by Crippen LogP contribution is -2.20. The van der Waals surface area contributed by atoms with Crippen LogP contribution < -0.4 is 10.1 Å². The SMILES string of the molecule is S=c1[nH]c2cc(Cl)cc(OCCNCc3cccs3)c2[nH]1. The number of H-pyrrole nitrogens is 2. The van der Waals surface area contributed by atoms with E-state index in [-0.39, 0.29) is 0 Å². The number of aromatic nitrogens is 2. The first-order valence-electron chi connectivity index (χ1n) is 6.50. The second-order valence-corrected chi connectivity index (χ2v) is 6.39. The van der Waals surface area contributed by atoms with Gasteiger partial charge in [-0.1, -0.05) is 17.7 Å². The lowest BCUT2D eigenvalue weighted by Gasteiger charge is -2.08. The molecule has 0 saturated heterocycles. The molecule has 3 N–H and O–H groups in total. The van der Waals surface area contributed by atoms with E-state index in [1.54, 1.807) is 17.4 Å². The van der Waals surface area contributed by atoms with Gasteiger partial charge in [-0.25, -0.2) is 0 Å². The predicted molar refractivity (Wildman–Crippen MR) is 90.0 cm³/mol. The molecule has 7 heteroatoms. The van der Waals surface area contributed by atoms with Gasteiger partial charge in [-0.05, 0) is 29.7 Å². The van der Waals surface area contributed by atoms with Crippen molar-refractivity contribution < 1.29 is 4.74 Å². The molecule has 3 rings (SSSR count). The van der Waals surface area contributed by atoms with Crippen molar-refractivity contribution in [3.8, 4) is 5.75 Å². The van der Waals surface area contributed by atoms with Crippen LogP contribution in [-0.4, -0.2) is 23.1 Å². The molecule has 0 spiro atoms. The Balaban J connectivity index is 1.58. The number of imidazole rings is 1. The summed E-state index contributed by atoms with van der Waals surface area (Å²) in [5.74, 6) is 0.711. The molecule has 4 nitrogen and oxygen atoms in total. The molecule has 0 aliphatic rings. The first-order valence-corrected chi connectivity index (χ1v) is 8.16. The zero-order valence-corrected chi connectivity index (χ0v) is 13.5. The Labute approximate surface area is 136 Å². The highest BCUT2D eigenvalue weighted by atomic mass is 35.5. The molecule has 0 aliphatic heterocycles. The van der Waals surface area contributed by atoms with Crippen molar-refractivity contribution in [1.29, 1.82) is 0 Å². The highest BCUT2D eigenvalue weighted by molar-refractivity contribution is 7.71. The fraction of sp³-hybridized carbons (Fsp3) is 0.214. The summed E-state index contributed by atoms with van der Waals surface area (Å²) in [5, 5.41) is 6.03. The number of hydrogen-bond donors (Lipinski definition) is 3. The van der Waals surface area contributed by atoms with Crippen LogP contribution in [0.5, 0.6) is 5.75 Å². The van der Waals surface area contributed by atoms with Crippen LogP contribution >= 0.6 is 35.2 Å². The van der Waals surface area contributed by atoms with E-state index in [2.05, 4.69) is 32.8 Å². The second-order valence-electron chi connectivity index (χ2n) is 4.51. The minimum atomic E-state index is 0.562. The molecule has 3 aromatic rings. The predicted octanol–water partition coefficient (Wildman–Crippen LogP) is 4.11. The summed E-state index contributed by atoms with van der Waals surface area (Å²) in [7, 11) is 0. The minimum Gasteiger partial charge on any atom is -0.490 e. The molecule has 0 saturated carbocycles. The second kappa shape index (κ2) is 6.62. The first kappa shape index (κ1) is 14.6. The van der Waals surface area contributed by atoms with Gasteiger partial charge < -0.3 is 20.0 Å². The summed E-state index contributed by atoms with van der Waals surface area (Å²) in [6.45, 7) is 2.18. The summed E-state index contributed by atoms with van der Waals surface area (Å²) < 4.78 is 6.35. The quantitative estimate of drug-likeness (QED) is 0.468. The number of benzene rings is 1. The summed E-state index contributed by atoms with van der Waals surface area (Å²) in [6, 6.07) is 7.78. The van der Waals surface area contributed by atoms with Gasteiger partial charge in [-0.3, -0.25) is 0 Å². The van der Waals surface area contributed by atoms with Crippen LogP contribution in [0.1, 0.15) is 4.88 Å². The van der Waals surface area contributed by atoms with Gasteiger partial charge in [-0.15, -0.1) is 11.3 Å². The number of aromatic amines is 2. The molecule has 2 aromatic heterocycles. The fourth-order valence-electron chi connectivity index (χ4n) is 2.05. The maximum absolute atomic E-state index is 6.08. The van der Waals surface area contributed by atoms with Crippen LogP contribution in [-0.2, 0) is 6.54 Å². The van der Waals surface area contributed by atoms with Crippen LogP contribution in [0.4, 0.5) is 0 Å². The molecule has 110 valence electrons. The van der Waals surface area contributed by atoms with E-state index in [9.17, 15) is 0 Å². The monoisotopic (exact) mass is 339 g/mol. The maximum Gasteiger partial charge on any atom is 0.175 e. The summed E-state index contributed by atoms with van der Waals surface area (Å²) >= 11 is 12.9. The van der Waals surface area contributed by atoms with Crippen LogP contribution in [0.3, 0.4) is 0 Å². The highest BCUT2D eigenvalue weighted by Gasteiger charge is 2.07. The molecule has 1 aromatic carbocycles. The number of nitrogens with one attached hydrogen (secondary N) is 3. The summed E-state index contributed by atoms with van der Waals surface area (Å²) in [4.78, 5) is 7.43. The van der Waals surface area contributed by atoms with E-state index in [4.69, 9.17) is 28.6 Å². The van der Waals surface area contributed by atoms with E-state index in [0.29, 0.717) is 22.2 Å². The number of ether oxygens (including phenoxy) is 1. The number of hydrogen-bond acceptors (Lipinski definition) is 4. The van der Waals surface area contributed by atoms with Gasteiger partial charge >= 0.3 is 0 Å². The Morgan fingerprint density at radius 3 is 3.05 bits per heavy atom. The number of halogens is 1. The molecular formula is C14H14ClN3OS2. The van der Waals surface area contributed by atoms with Crippen LogP contribution in [0.15, 0.2) is 29.6 Å². The average molecular weight is 340 g/mol. The zero-order chi connectivity index (χ0) is 14.7. The highest BCUT2D eigenvalue weighted by Crippen LogP contribution is 2.27. The third kappa shape index (κ3) is 3.65. The lowest BCUT2D eigenvalue weighted by atomic mass is 10.3. The van der Waals surface area contributed by atoms with Gasteiger partial charge in [0.05, 0.1) is 5.52 Å².